The Labute approximate surface area is 164 Å². The zero-order chi connectivity index (χ0) is 19.8. The molecule has 0 spiro atoms. The van der Waals surface area contributed by atoms with Gasteiger partial charge in [0.25, 0.3) is 0 Å². The molecule has 3 rings (SSSR count). The molecular weight excluding hydrogens is 406 g/mol. The first-order valence-corrected chi connectivity index (χ1v) is 12.7. The van der Waals surface area contributed by atoms with E-state index in [2.05, 4.69) is 5.32 Å². The van der Waals surface area contributed by atoms with Gasteiger partial charge in [-0.25, -0.2) is 16.8 Å². The van der Waals surface area contributed by atoms with Gasteiger partial charge in [0, 0.05) is 17.5 Å². The molecule has 1 aromatic carbocycles. The minimum Gasteiger partial charge on any atom is -0.495 e. The topological polar surface area (TPSA) is 89.5 Å². The van der Waals surface area contributed by atoms with Crippen LogP contribution in [0.4, 0.5) is 0 Å². The molecule has 148 valence electrons. The Morgan fingerprint density at radius 1 is 1.22 bits per heavy atom. The van der Waals surface area contributed by atoms with Gasteiger partial charge >= 0.3 is 0 Å². The van der Waals surface area contributed by atoms with E-state index in [9.17, 15) is 16.8 Å². The molecule has 1 fully saturated rings. The van der Waals surface area contributed by atoms with E-state index < -0.39 is 31.0 Å². The third-order valence-corrected chi connectivity index (χ3v) is 9.95. The number of thiophene rings is 1. The highest BCUT2D eigenvalue weighted by atomic mass is 32.2. The molecule has 1 aromatic heterocycles. The summed E-state index contributed by atoms with van der Waals surface area (Å²) in [6.07, 6.45) is 0. The summed E-state index contributed by atoms with van der Waals surface area (Å²) < 4.78 is 56.5. The van der Waals surface area contributed by atoms with Crippen molar-refractivity contribution in [1.29, 1.82) is 0 Å². The normalized spacial score (nSPS) is 22.0. The Morgan fingerprint density at radius 2 is 1.93 bits per heavy atom. The molecule has 9 heteroatoms. The minimum atomic E-state index is -3.90. The number of sulfone groups is 2. The number of nitrogens with one attached hydrogen (secondary N) is 1. The van der Waals surface area contributed by atoms with Crippen LogP contribution in [0.3, 0.4) is 0 Å². The minimum absolute atomic E-state index is 0.0538. The maximum Gasteiger partial charge on any atom is 0.187 e. The van der Waals surface area contributed by atoms with E-state index >= 15 is 0 Å². The van der Waals surface area contributed by atoms with Crippen molar-refractivity contribution in [2.45, 2.75) is 36.6 Å². The van der Waals surface area contributed by atoms with Gasteiger partial charge in [0.05, 0.1) is 23.9 Å². The Morgan fingerprint density at radius 3 is 2.56 bits per heavy atom. The quantitative estimate of drug-likeness (QED) is 0.756. The molecule has 2 atom stereocenters. The predicted molar refractivity (Wildman–Crippen MR) is 107 cm³/mol. The molecule has 1 aliphatic heterocycles. The average Bonchev–Trinajstić information content (AvgIpc) is 3.22. The predicted octanol–water partition coefficient (Wildman–Crippen LogP) is 2.10. The van der Waals surface area contributed by atoms with Crippen molar-refractivity contribution in [1.82, 2.24) is 5.32 Å². The van der Waals surface area contributed by atoms with Crippen LogP contribution in [-0.4, -0.2) is 46.7 Å². The van der Waals surface area contributed by atoms with Crippen molar-refractivity contribution in [3.8, 4) is 5.75 Å². The lowest BCUT2D eigenvalue weighted by Gasteiger charge is -2.21. The van der Waals surface area contributed by atoms with Gasteiger partial charge in [-0.3, -0.25) is 0 Å². The Bertz CT molecular complexity index is 1030. The molecule has 0 aliphatic carbocycles. The maximum atomic E-state index is 13.4. The number of methoxy groups -OCH3 is 1. The van der Waals surface area contributed by atoms with Crippen LogP contribution in [0.15, 0.2) is 34.5 Å². The molecule has 6 nitrogen and oxygen atoms in total. The molecular formula is C18H23NO5S3. The monoisotopic (exact) mass is 429 g/mol. The fraction of sp³-hybridized carbons (Fsp3) is 0.444. The van der Waals surface area contributed by atoms with Crippen LogP contribution in [-0.2, 0) is 26.2 Å². The van der Waals surface area contributed by atoms with E-state index in [-0.39, 0.29) is 22.2 Å². The summed E-state index contributed by atoms with van der Waals surface area (Å²) in [4.78, 5) is 1.08. The average molecular weight is 430 g/mol. The molecule has 2 heterocycles. The summed E-state index contributed by atoms with van der Waals surface area (Å²) in [5.74, 6) is -0.317. The first-order chi connectivity index (χ1) is 12.6. The van der Waals surface area contributed by atoms with Gasteiger partial charge < -0.3 is 10.1 Å². The highest BCUT2D eigenvalue weighted by Crippen LogP contribution is 2.33. The van der Waals surface area contributed by atoms with Crippen molar-refractivity contribution >= 4 is 31.0 Å². The summed E-state index contributed by atoms with van der Waals surface area (Å²) in [5, 5.41) is 4.02. The number of ether oxygens (including phenoxy) is 1. The third kappa shape index (κ3) is 4.21. The largest absolute Gasteiger partial charge is 0.495 e. The van der Waals surface area contributed by atoms with Gasteiger partial charge in [-0.05, 0) is 48.6 Å². The number of hydrogen-bond donors (Lipinski definition) is 1. The Balaban J connectivity index is 1.97. The molecule has 1 aliphatic rings. The van der Waals surface area contributed by atoms with Crippen LogP contribution >= 0.6 is 11.3 Å². The molecule has 0 saturated carbocycles. The van der Waals surface area contributed by atoms with E-state index in [0.29, 0.717) is 6.54 Å². The first kappa shape index (κ1) is 20.3. The van der Waals surface area contributed by atoms with E-state index in [1.165, 1.54) is 18.4 Å². The molecule has 0 bridgehead atoms. The maximum absolute atomic E-state index is 13.4. The van der Waals surface area contributed by atoms with Crippen molar-refractivity contribution in [2.75, 3.05) is 18.6 Å². The lowest BCUT2D eigenvalue weighted by Crippen LogP contribution is -2.43. The lowest BCUT2D eigenvalue weighted by molar-refractivity contribution is 0.401. The fourth-order valence-electron chi connectivity index (χ4n) is 3.26. The van der Waals surface area contributed by atoms with Crippen molar-refractivity contribution in [3.05, 3.63) is 45.6 Å². The van der Waals surface area contributed by atoms with Gasteiger partial charge in [0.15, 0.2) is 19.7 Å². The molecule has 0 unspecified atom stereocenters. The standard InChI is InChI=1S/C18H23NO5S3/c1-12-7-16(24-3)17(8-13(12)2)27(22,23)18-11-26(20,21)10-15(18)19-9-14-5-4-6-25-14/h4-8,15,18-19H,9-11H2,1-3H3/t15-,18-/m0/s1. The molecule has 0 radical (unpaired) electrons. The number of benzene rings is 1. The molecule has 1 N–H and O–H groups in total. The number of rotatable bonds is 6. The highest BCUT2D eigenvalue weighted by molar-refractivity contribution is 7.96. The molecule has 1 saturated heterocycles. The second kappa shape index (κ2) is 7.54. The van der Waals surface area contributed by atoms with Crippen LogP contribution in [0.5, 0.6) is 5.75 Å². The highest BCUT2D eigenvalue weighted by Gasteiger charge is 2.46. The van der Waals surface area contributed by atoms with Gasteiger partial charge in [-0.15, -0.1) is 11.3 Å². The second-order valence-electron chi connectivity index (χ2n) is 6.81. The van der Waals surface area contributed by atoms with Crippen LogP contribution in [0.25, 0.3) is 0 Å². The van der Waals surface area contributed by atoms with E-state index in [4.69, 9.17) is 4.74 Å². The Kier molecular flexibility index (Phi) is 5.67. The SMILES string of the molecule is COc1cc(C)c(C)cc1S(=O)(=O)[C@H]1CS(=O)(=O)C[C@@H]1NCc1cccs1. The fourth-order valence-corrected chi connectivity index (χ4v) is 8.86. The van der Waals surface area contributed by atoms with Crippen LogP contribution in [0.1, 0.15) is 16.0 Å². The van der Waals surface area contributed by atoms with Gasteiger partial charge in [0.1, 0.15) is 10.6 Å². The second-order valence-corrected chi connectivity index (χ2v) is 12.1. The summed E-state index contributed by atoms with van der Waals surface area (Å²) in [6.45, 7) is 4.14. The number of hydrogen-bond acceptors (Lipinski definition) is 7. The first-order valence-electron chi connectivity index (χ1n) is 8.49. The molecule has 0 amide bonds. The lowest BCUT2D eigenvalue weighted by atomic mass is 10.1. The van der Waals surface area contributed by atoms with E-state index in [1.54, 1.807) is 12.1 Å². The molecule has 2 aromatic rings. The van der Waals surface area contributed by atoms with Gasteiger partial charge in [-0.1, -0.05) is 6.07 Å². The van der Waals surface area contributed by atoms with Gasteiger partial charge in [-0.2, -0.15) is 0 Å². The van der Waals surface area contributed by atoms with Crippen LogP contribution in [0, 0.1) is 13.8 Å². The van der Waals surface area contributed by atoms with Gasteiger partial charge in [0.2, 0.25) is 0 Å². The van der Waals surface area contributed by atoms with Crippen LogP contribution < -0.4 is 10.1 Å². The van der Waals surface area contributed by atoms with Crippen molar-refractivity contribution in [2.24, 2.45) is 0 Å². The van der Waals surface area contributed by atoms with Crippen molar-refractivity contribution < 1.29 is 21.6 Å². The summed E-state index contributed by atoms with van der Waals surface area (Å²) in [7, 11) is -5.92. The summed E-state index contributed by atoms with van der Waals surface area (Å²) in [6, 6.07) is 6.43. The zero-order valence-corrected chi connectivity index (χ0v) is 17.9. The van der Waals surface area contributed by atoms with E-state index in [0.717, 1.165) is 16.0 Å². The van der Waals surface area contributed by atoms with E-state index in [1.807, 2.05) is 31.4 Å². The zero-order valence-electron chi connectivity index (χ0n) is 15.4. The van der Waals surface area contributed by atoms with Crippen molar-refractivity contribution in [3.63, 3.8) is 0 Å². The summed E-state index contributed by atoms with van der Waals surface area (Å²) in [5.41, 5.74) is 1.73. The number of aryl methyl sites for hydroxylation is 2. The molecule has 27 heavy (non-hydrogen) atoms. The third-order valence-electron chi connectivity index (χ3n) is 4.90. The smallest absolute Gasteiger partial charge is 0.187 e. The Hall–Kier alpha value is -1.42. The summed E-state index contributed by atoms with van der Waals surface area (Å²) >= 11 is 1.54. The van der Waals surface area contributed by atoms with Crippen LogP contribution in [0.2, 0.25) is 0 Å².